The molecule has 102 valence electrons. The van der Waals surface area contributed by atoms with Gasteiger partial charge >= 0.3 is 0 Å². The third-order valence-corrected chi connectivity index (χ3v) is 5.71. The summed E-state index contributed by atoms with van der Waals surface area (Å²) in [5.41, 5.74) is 0.688. The smallest absolute Gasteiger partial charge is 0.264 e. The SMILES string of the molecule is Cc1nc(NS(=O)(=O)c2ccsc2CO)ccc1Br. The Morgan fingerprint density at radius 2 is 2.16 bits per heavy atom. The van der Waals surface area contributed by atoms with E-state index in [0.717, 1.165) is 4.47 Å². The molecule has 0 aliphatic rings. The highest BCUT2D eigenvalue weighted by molar-refractivity contribution is 9.10. The highest BCUT2D eigenvalue weighted by Crippen LogP contribution is 2.24. The number of aliphatic hydroxyl groups is 1. The summed E-state index contributed by atoms with van der Waals surface area (Å²) in [7, 11) is -3.72. The van der Waals surface area contributed by atoms with E-state index in [4.69, 9.17) is 5.11 Å². The fourth-order valence-corrected chi connectivity index (χ4v) is 4.00. The van der Waals surface area contributed by atoms with Crippen molar-refractivity contribution in [2.45, 2.75) is 18.4 Å². The summed E-state index contributed by atoms with van der Waals surface area (Å²) in [4.78, 5) is 4.62. The maximum Gasteiger partial charge on any atom is 0.264 e. The van der Waals surface area contributed by atoms with Crippen LogP contribution in [0.2, 0.25) is 0 Å². The van der Waals surface area contributed by atoms with Crippen LogP contribution in [0.4, 0.5) is 5.82 Å². The van der Waals surface area contributed by atoms with Crippen molar-refractivity contribution in [3.63, 3.8) is 0 Å². The first kappa shape index (κ1) is 14.4. The van der Waals surface area contributed by atoms with Crippen molar-refractivity contribution in [2.24, 2.45) is 0 Å². The van der Waals surface area contributed by atoms with Gasteiger partial charge < -0.3 is 5.11 Å². The molecular weight excluding hydrogens is 352 g/mol. The van der Waals surface area contributed by atoms with Gasteiger partial charge in [-0.2, -0.15) is 0 Å². The third-order valence-electron chi connectivity index (χ3n) is 2.40. The van der Waals surface area contributed by atoms with Gasteiger partial charge in [0.1, 0.15) is 10.7 Å². The van der Waals surface area contributed by atoms with Crippen molar-refractivity contribution in [2.75, 3.05) is 4.72 Å². The van der Waals surface area contributed by atoms with Gasteiger partial charge in [-0.25, -0.2) is 13.4 Å². The second kappa shape index (κ2) is 5.58. The summed E-state index contributed by atoms with van der Waals surface area (Å²) >= 11 is 4.49. The average molecular weight is 363 g/mol. The van der Waals surface area contributed by atoms with Crippen LogP contribution >= 0.6 is 27.3 Å². The van der Waals surface area contributed by atoms with Gasteiger partial charge in [-0.05, 0) is 46.4 Å². The molecule has 0 spiro atoms. The molecule has 5 nitrogen and oxygen atoms in total. The molecule has 0 saturated carbocycles. The average Bonchev–Trinajstić information content (AvgIpc) is 2.82. The van der Waals surface area contributed by atoms with Crippen molar-refractivity contribution in [1.29, 1.82) is 0 Å². The molecule has 0 radical (unpaired) electrons. The number of nitrogens with zero attached hydrogens (tertiary/aromatic N) is 1. The summed E-state index contributed by atoms with van der Waals surface area (Å²) < 4.78 is 27.5. The summed E-state index contributed by atoms with van der Waals surface area (Å²) in [6, 6.07) is 4.75. The minimum Gasteiger partial charge on any atom is -0.391 e. The van der Waals surface area contributed by atoms with E-state index in [2.05, 4.69) is 25.6 Å². The van der Waals surface area contributed by atoms with Crippen molar-refractivity contribution < 1.29 is 13.5 Å². The molecule has 0 aliphatic carbocycles. The number of nitrogens with one attached hydrogen (secondary N) is 1. The Morgan fingerprint density at radius 3 is 2.79 bits per heavy atom. The largest absolute Gasteiger partial charge is 0.391 e. The quantitative estimate of drug-likeness (QED) is 0.875. The Bertz CT molecular complexity index is 698. The Balaban J connectivity index is 2.34. The molecule has 2 N–H and O–H groups in total. The lowest BCUT2D eigenvalue weighted by atomic mass is 10.4. The number of halogens is 1. The highest BCUT2D eigenvalue weighted by atomic mass is 79.9. The number of pyridine rings is 1. The van der Waals surface area contributed by atoms with Crippen LogP contribution in [0, 0.1) is 6.92 Å². The Labute approximate surface area is 123 Å². The number of rotatable bonds is 4. The minimum absolute atomic E-state index is 0.0855. The van der Waals surface area contributed by atoms with Crippen LogP contribution < -0.4 is 4.72 Å². The van der Waals surface area contributed by atoms with Crippen LogP contribution in [0.5, 0.6) is 0 Å². The molecule has 8 heteroatoms. The van der Waals surface area contributed by atoms with Crippen LogP contribution in [-0.2, 0) is 16.6 Å². The van der Waals surface area contributed by atoms with Gasteiger partial charge in [-0.15, -0.1) is 11.3 Å². The normalized spacial score (nSPS) is 11.5. The zero-order valence-corrected chi connectivity index (χ0v) is 13.1. The first-order valence-corrected chi connectivity index (χ1v) is 8.43. The number of hydrogen-bond donors (Lipinski definition) is 2. The fourth-order valence-electron chi connectivity index (χ4n) is 1.48. The van der Waals surface area contributed by atoms with Crippen LogP contribution in [0.3, 0.4) is 0 Å². The molecule has 0 fully saturated rings. The molecule has 2 heterocycles. The van der Waals surface area contributed by atoms with Gasteiger partial charge in [0.05, 0.1) is 17.2 Å². The summed E-state index contributed by atoms with van der Waals surface area (Å²) in [5.74, 6) is 0.246. The fraction of sp³-hybridized carbons (Fsp3) is 0.182. The molecule has 0 aromatic carbocycles. The molecule has 2 aromatic heterocycles. The second-order valence-corrected chi connectivity index (χ2v) is 7.24. The molecule has 0 bridgehead atoms. The van der Waals surface area contributed by atoms with Crippen molar-refractivity contribution in [1.82, 2.24) is 4.98 Å². The lowest BCUT2D eigenvalue weighted by Gasteiger charge is -2.08. The van der Waals surface area contributed by atoms with Gasteiger partial charge in [0, 0.05) is 4.47 Å². The van der Waals surface area contributed by atoms with E-state index in [1.807, 2.05) is 0 Å². The van der Waals surface area contributed by atoms with E-state index in [-0.39, 0.29) is 17.3 Å². The van der Waals surface area contributed by atoms with Crippen LogP contribution in [0.1, 0.15) is 10.6 Å². The Kier molecular flexibility index (Phi) is 4.24. The van der Waals surface area contributed by atoms with E-state index in [1.165, 1.54) is 17.4 Å². The number of anilines is 1. The van der Waals surface area contributed by atoms with E-state index < -0.39 is 10.0 Å². The summed E-state index contributed by atoms with van der Waals surface area (Å²) in [6.45, 7) is 1.46. The number of aromatic nitrogens is 1. The van der Waals surface area contributed by atoms with Gasteiger partial charge in [0.2, 0.25) is 0 Å². The number of sulfonamides is 1. The maximum absolute atomic E-state index is 12.2. The maximum atomic E-state index is 12.2. The van der Waals surface area contributed by atoms with Crippen LogP contribution in [-0.4, -0.2) is 18.5 Å². The Morgan fingerprint density at radius 1 is 1.42 bits per heavy atom. The molecular formula is C11H11BrN2O3S2. The molecule has 0 amide bonds. The van der Waals surface area contributed by atoms with Crippen LogP contribution in [0.15, 0.2) is 32.9 Å². The summed E-state index contributed by atoms with van der Waals surface area (Å²) in [6.07, 6.45) is 0. The Hall–Kier alpha value is -0.960. The van der Waals surface area contributed by atoms with E-state index >= 15 is 0 Å². The predicted molar refractivity (Wildman–Crippen MR) is 77.7 cm³/mol. The molecule has 0 saturated heterocycles. The second-order valence-electron chi connectivity index (χ2n) is 3.74. The molecule has 0 unspecified atom stereocenters. The third kappa shape index (κ3) is 3.14. The molecule has 0 atom stereocenters. The zero-order chi connectivity index (χ0) is 14.0. The van der Waals surface area contributed by atoms with E-state index in [9.17, 15) is 8.42 Å². The van der Waals surface area contributed by atoms with Gasteiger partial charge in [-0.3, -0.25) is 4.72 Å². The topological polar surface area (TPSA) is 79.3 Å². The van der Waals surface area contributed by atoms with Crippen LogP contribution in [0.25, 0.3) is 0 Å². The number of aliphatic hydroxyl groups excluding tert-OH is 1. The monoisotopic (exact) mass is 362 g/mol. The van der Waals surface area contributed by atoms with Gasteiger partial charge in [-0.1, -0.05) is 0 Å². The zero-order valence-electron chi connectivity index (χ0n) is 9.92. The highest BCUT2D eigenvalue weighted by Gasteiger charge is 2.20. The standard InChI is InChI=1S/C11H11BrN2O3S2/c1-7-8(12)2-3-11(13-7)14-19(16,17)10-4-5-18-9(10)6-15/h2-5,15H,6H2,1H3,(H,13,14). The first-order valence-electron chi connectivity index (χ1n) is 5.27. The molecule has 19 heavy (non-hydrogen) atoms. The van der Waals surface area contributed by atoms with Gasteiger partial charge in [0.25, 0.3) is 10.0 Å². The van der Waals surface area contributed by atoms with Crippen molar-refractivity contribution in [3.05, 3.63) is 38.6 Å². The van der Waals surface area contributed by atoms with E-state index in [0.29, 0.717) is 10.6 Å². The molecule has 0 aliphatic heterocycles. The van der Waals surface area contributed by atoms with Crippen molar-refractivity contribution in [3.8, 4) is 0 Å². The lowest BCUT2D eigenvalue weighted by Crippen LogP contribution is -2.15. The number of aryl methyl sites for hydroxylation is 1. The molecule has 2 rings (SSSR count). The van der Waals surface area contributed by atoms with Crippen molar-refractivity contribution >= 4 is 43.1 Å². The predicted octanol–water partition coefficient (Wildman–Crippen LogP) is 2.51. The lowest BCUT2D eigenvalue weighted by molar-refractivity contribution is 0.282. The number of thiophene rings is 1. The summed E-state index contributed by atoms with van der Waals surface area (Å²) in [5, 5.41) is 10.7. The first-order chi connectivity index (χ1) is 8.94. The van der Waals surface area contributed by atoms with E-state index in [1.54, 1.807) is 24.4 Å². The molecule has 2 aromatic rings. The number of hydrogen-bond acceptors (Lipinski definition) is 5. The van der Waals surface area contributed by atoms with Gasteiger partial charge in [0.15, 0.2) is 0 Å². The minimum atomic E-state index is -3.72.